The second-order valence-electron chi connectivity index (χ2n) is 6.89. The highest BCUT2D eigenvalue weighted by atomic mass is 28.4. The Hall–Kier alpha value is -0.543. The molecular formula is C15H29NOSi. The van der Waals surface area contributed by atoms with Gasteiger partial charge in [-0.15, -0.1) is 0 Å². The number of allylic oxidation sites excluding steroid dienone is 2. The van der Waals surface area contributed by atoms with Crippen molar-refractivity contribution in [2.45, 2.75) is 65.2 Å². The molecule has 18 heavy (non-hydrogen) atoms. The third-order valence-corrected chi connectivity index (χ3v) is 8.73. The number of hydrogen-bond donors (Lipinski definition) is 1. The fourth-order valence-corrected chi connectivity index (χ4v) is 2.89. The Balaban J connectivity index is 2.42. The van der Waals surface area contributed by atoms with E-state index in [-0.39, 0.29) is 0 Å². The van der Waals surface area contributed by atoms with E-state index in [1.807, 2.05) is 0 Å². The van der Waals surface area contributed by atoms with E-state index in [0.717, 1.165) is 13.0 Å². The summed E-state index contributed by atoms with van der Waals surface area (Å²) < 4.78 is 6.22. The van der Waals surface area contributed by atoms with Crippen LogP contribution in [0.25, 0.3) is 0 Å². The third-order valence-electron chi connectivity index (χ3n) is 4.19. The maximum Gasteiger partial charge on any atom is 0.191 e. The molecule has 1 aliphatic rings. The minimum Gasteiger partial charge on any atom is -0.417 e. The fourth-order valence-electron chi connectivity index (χ4n) is 1.82. The molecule has 1 unspecified atom stereocenters. The molecule has 0 aliphatic carbocycles. The Bertz CT molecular complexity index is 350. The van der Waals surface area contributed by atoms with Crippen molar-refractivity contribution < 1.29 is 4.43 Å². The Morgan fingerprint density at radius 1 is 1.28 bits per heavy atom. The first kappa shape index (κ1) is 15.5. The van der Waals surface area contributed by atoms with Crippen LogP contribution in [-0.4, -0.2) is 21.0 Å². The summed E-state index contributed by atoms with van der Waals surface area (Å²) in [5.74, 6) is 0. The summed E-state index contributed by atoms with van der Waals surface area (Å²) in [6, 6.07) is 0.443. The Labute approximate surface area is 114 Å². The van der Waals surface area contributed by atoms with Gasteiger partial charge in [0.1, 0.15) is 0 Å². The van der Waals surface area contributed by atoms with E-state index in [4.69, 9.17) is 4.43 Å². The molecule has 3 heteroatoms. The largest absolute Gasteiger partial charge is 0.417 e. The van der Waals surface area contributed by atoms with Gasteiger partial charge in [0.05, 0.1) is 0 Å². The van der Waals surface area contributed by atoms with Crippen molar-refractivity contribution >= 4 is 8.32 Å². The Morgan fingerprint density at radius 2 is 1.89 bits per heavy atom. The van der Waals surface area contributed by atoms with Gasteiger partial charge in [0.25, 0.3) is 0 Å². The van der Waals surface area contributed by atoms with Crippen LogP contribution in [0.15, 0.2) is 23.4 Å². The minimum atomic E-state index is -1.59. The first-order valence-electron chi connectivity index (χ1n) is 6.88. The van der Waals surface area contributed by atoms with E-state index in [0.29, 0.717) is 11.1 Å². The van der Waals surface area contributed by atoms with E-state index < -0.39 is 8.32 Å². The highest BCUT2D eigenvalue weighted by Gasteiger charge is 2.37. The summed E-state index contributed by atoms with van der Waals surface area (Å²) in [5, 5.41) is 3.75. The van der Waals surface area contributed by atoms with Crippen LogP contribution in [0.2, 0.25) is 18.1 Å². The van der Waals surface area contributed by atoms with Gasteiger partial charge < -0.3 is 9.74 Å². The van der Waals surface area contributed by atoms with E-state index in [1.165, 1.54) is 11.1 Å². The Morgan fingerprint density at radius 3 is 2.39 bits per heavy atom. The van der Waals surface area contributed by atoms with Crippen LogP contribution in [0.3, 0.4) is 0 Å². The molecule has 1 N–H and O–H groups in total. The predicted molar refractivity (Wildman–Crippen MR) is 82.2 cm³/mol. The molecule has 0 aromatic rings. The molecule has 0 radical (unpaired) electrons. The fraction of sp³-hybridized carbons (Fsp3) is 0.733. The van der Waals surface area contributed by atoms with Crippen molar-refractivity contribution in [3.05, 3.63) is 23.4 Å². The van der Waals surface area contributed by atoms with Crippen LogP contribution in [0, 0.1) is 0 Å². The number of dihydropyridines is 1. The zero-order valence-corrected chi connectivity index (χ0v) is 14.1. The lowest BCUT2D eigenvalue weighted by Gasteiger charge is -2.36. The second kappa shape index (κ2) is 5.62. The van der Waals surface area contributed by atoms with Gasteiger partial charge in [-0.1, -0.05) is 32.4 Å². The molecule has 0 spiro atoms. The molecule has 1 heterocycles. The van der Waals surface area contributed by atoms with Gasteiger partial charge in [0.2, 0.25) is 0 Å². The summed E-state index contributed by atoms with van der Waals surface area (Å²) in [7, 11) is -1.59. The smallest absolute Gasteiger partial charge is 0.191 e. The van der Waals surface area contributed by atoms with Gasteiger partial charge in [-0.2, -0.15) is 0 Å². The number of nitrogens with one attached hydrogen (secondary N) is 1. The average Bonchev–Trinajstić information content (AvgIpc) is 2.19. The van der Waals surface area contributed by atoms with E-state index in [2.05, 4.69) is 65.3 Å². The second-order valence-corrected chi connectivity index (χ2v) is 11.7. The van der Waals surface area contributed by atoms with Crippen molar-refractivity contribution in [2.75, 3.05) is 6.61 Å². The first-order chi connectivity index (χ1) is 8.13. The molecule has 0 aromatic heterocycles. The van der Waals surface area contributed by atoms with Crippen LogP contribution in [0.4, 0.5) is 0 Å². The zero-order chi connectivity index (χ0) is 14.0. The number of hydrogen-bond acceptors (Lipinski definition) is 2. The normalized spacial score (nSPS) is 21.2. The van der Waals surface area contributed by atoms with Gasteiger partial charge in [0.15, 0.2) is 8.32 Å². The van der Waals surface area contributed by atoms with Gasteiger partial charge in [0, 0.05) is 12.6 Å². The molecular weight excluding hydrogens is 238 g/mol. The van der Waals surface area contributed by atoms with Crippen LogP contribution in [0.5, 0.6) is 0 Å². The predicted octanol–water partition coefficient (Wildman–Crippen LogP) is 4.22. The van der Waals surface area contributed by atoms with Crippen LogP contribution in [-0.2, 0) is 4.43 Å². The standard InChI is InChI=1S/C15H29NOSi/c1-12-10-13(2)14(16-11-12)8-9-17-18(6,7)15(3,4)5/h10-11,14,16H,8-9H2,1-7H3. The van der Waals surface area contributed by atoms with Crippen molar-refractivity contribution in [1.82, 2.24) is 5.32 Å². The monoisotopic (exact) mass is 267 g/mol. The topological polar surface area (TPSA) is 21.3 Å². The highest BCUT2D eigenvalue weighted by molar-refractivity contribution is 6.74. The summed E-state index contributed by atoms with van der Waals surface area (Å²) in [5.41, 5.74) is 2.71. The zero-order valence-electron chi connectivity index (χ0n) is 13.1. The molecule has 0 amide bonds. The van der Waals surface area contributed by atoms with Crippen molar-refractivity contribution in [3.8, 4) is 0 Å². The molecule has 1 aliphatic heterocycles. The lowest BCUT2D eigenvalue weighted by molar-refractivity contribution is 0.271. The third kappa shape index (κ3) is 3.99. The van der Waals surface area contributed by atoms with Gasteiger partial charge in [-0.3, -0.25) is 0 Å². The van der Waals surface area contributed by atoms with Crippen LogP contribution in [0.1, 0.15) is 41.0 Å². The minimum absolute atomic E-state index is 0.300. The first-order valence-corrected chi connectivity index (χ1v) is 9.79. The van der Waals surface area contributed by atoms with Crippen LogP contribution < -0.4 is 5.32 Å². The van der Waals surface area contributed by atoms with Crippen LogP contribution >= 0.6 is 0 Å². The summed E-state index contributed by atoms with van der Waals surface area (Å²) in [6.45, 7) is 16.7. The average molecular weight is 267 g/mol. The molecule has 0 bridgehead atoms. The molecule has 0 fully saturated rings. The highest BCUT2D eigenvalue weighted by Crippen LogP contribution is 2.36. The summed E-state index contributed by atoms with van der Waals surface area (Å²) >= 11 is 0. The maximum absolute atomic E-state index is 6.22. The molecule has 104 valence electrons. The van der Waals surface area contributed by atoms with Gasteiger partial charge in [-0.25, -0.2) is 0 Å². The van der Waals surface area contributed by atoms with E-state index in [9.17, 15) is 0 Å². The van der Waals surface area contributed by atoms with Crippen molar-refractivity contribution in [1.29, 1.82) is 0 Å². The summed E-state index contributed by atoms with van der Waals surface area (Å²) in [4.78, 5) is 0. The molecule has 0 saturated carbocycles. The number of rotatable bonds is 4. The summed E-state index contributed by atoms with van der Waals surface area (Å²) in [6.07, 6.45) is 5.41. The quantitative estimate of drug-likeness (QED) is 0.770. The maximum atomic E-state index is 6.22. The molecule has 0 aromatic carbocycles. The molecule has 1 rings (SSSR count). The molecule has 1 atom stereocenters. The lowest BCUT2D eigenvalue weighted by Crippen LogP contribution is -2.42. The SMILES string of the molecule is CC1=CNC(CCO[Si](C)(C)C(C)(C)C)C(C)=C1. The van der Waals surface area contributed by atoms with Gasteiger partial charge >= 0.3 is 0 Å². The van der Waals surface area contributed by atoms with Crippen molar-refractivity contribution in [3.63, 3.8) is 0 Å². The van der Waals surface area contributed by atoms with E-state index in [1.54, 1.807) is 0 Å². The van der Waals surface area contributed by atoms with E-state index >= 15 is 0 Å². The van der Waals surface area contributed by atoms with Gasteiger partial charge in [-0.05, 0) is 50.2 Å². The molecule has 2 nitrogen and oxygen atoms in total. The lowest BCUT2D eigenvalue weighted by atomic mass is 10.0. The van der Waals surface area contributed by atoms with Crippen molar-refractivity contribution in [2.24, 2.45) is 0 Å². The Kier molecular flexibility index (Phi) is 4.84. The molecule has 0 saturated heterocycles.